The summed E-state index contributed by atoms with van der Waals surface area (Å²) in [5.41, 5.74) is 0.144. The molecule has 0 spiro atoms. The molecule has 1 atom stereocenters. The standard InChI is InChI=1S/C12H18S/c1-12(2,3)9-10-13-11-7-5-4-6-8-11/h5,7,11H,4,6,8H2,1-3H3. The molecule has 0 bridgehead atoms. The molecular weight excluding hydrogens is 176 g/mol. The molecule has 0 aromatic heterocycles. The number of rotatable bonds is 1. The molecule has 1 unspecified atom stereocenters. The van der Waals surface area contributed by atoms with Crippen LogP contribution in [0.4, 0.5) is 0 Å². The van der Waals surface area contributed by atoms with E-state index in [2.05, 4.69) is 44.1 Å². The van der Waals surface area contributed by atoms with Crippen LogP contribution < -0.4 is 0 Å². The van der Waals surface area contributed by atoms with Gasteiger partial charge in [-0.1, -0.05) is 29.8 Å². The normalized spacial score (nSPS) is 22.2. The molecule has 0 saturated carbocycles. The highest BCUT2D eigenvalue weighted by Gasteiger charge is 2.08. The average molecular weight is 194 g/mol. The Bertz CT molecular complexity index is 234. The van der Waals surface area contributed by atoms with E-state index in [4.69, 9.17) is 0 Å². The lowest BCUT2D eigenvalue weighted by molar-refractivity contribution is 0.571. The van der Waals surface area contributed by atoms with Gasteiger partial charge in [-0.3, -0.25) is 0 Å². The van der Waals surface area contributed by atoms with Crippen molar-refractivity contribution in [1.29, 1.82) is 0 Å². The van der Waals surface area contributed by atoms with Crippen molar-refractivity contribution in [3.8, 4) is 11.2 Å². The van der Waals surface area contributed by atoms with Gasteiger partial charge in [0.2, 0.25) is 0 Å². The predicted molar refractivity (Wildman–Crippen MR) is 61.6 cm³/mol. The molecule has 0 aromatic carbocycles. The van der Waals surface area contributed by atoms with Gasteiger partial charge in [0.15, 0.2) is 0 Å². The van der Waals surface area contributed by atoms with Crippen molar-refractivity contribution in [3.05, 3.63) is 12.2 Å². The van der Waals surface area contributed by atoms with Crippen LogP contribution in [0.3, 0.4) is 0 Å². The van der Waals surface area contributed by atoms with Gasteiger partial charge in [0.25, 0.3) is 0 Å². The summed E-state index contributed by atoms with van der Waals surface area (Å²) < 4.78 is 0. The van der Waals surface area contributed by atoms with Crippen LogP contribution in [-0.4, -0.2) is 5.25 Å². The molecule has 1 heteroatoms. The molecule has 0 amide bonds. The van der Waals surface area contributed by atoms with E-state index < -0.39 is 0 Å². The summed E-state index contributed by atoms with van der Waals surface area (Å²) in [6, 6.07) is 0. The Morgan fingerprint density at radius 2 is 2.15 bits per heavy atom. The van der Waals surface area contributed by atoms with Crippen LogP contribution >= 0.6 is 11.8 Å². The van der Waals surface area contributed by atoms with Crippen molar-refractivity contribution in [2.75, 3.05) is 0 Å². The highest BCUT2D eigenvalue weighted by molar-refractivity contribution is 8.04. The minimum atomic E-state index is 0.144. The third kappa shape index (κ3) is 5.05. The summed E-state index contributed by atoms with van der Waals surface area (Å²) in [6.07, 6.45) is 8.44. The summed E-state index contributed by atoms with van der Waals surface area (Å²) >= 11 is 1.78. The first-order chi connectivity index (χ1) is 6.08. The molecule has 13 heavy (non-hydrogen) atoms. The second kappa shape index (κ2) is 4.77. The molecule has 1 aliphatic carbocycles. The van der Waals surface area contributed by atoms with E-state index in [1.54, 1.807) is 11.8 Å². The third-order valence-electron chi connectivity index (χ3n) is 1.85. The quantitative estimate of drug-likeness (QED) is 0.451. The van der Waals surface area contributed by atoms with Gasteiger partial charge in [-0.2, -0.15) is 0 Å². The Morgan fingerprint density at radius 1 is 1.38 bits per heavy atom. The Hall–Kier alpha value is -0.350. The van der Waals surface area contributed by atoms with Crippen molar-refractivity contribution in [2.24, 2.45) is 5.41 Å². The minimum absolute atomic E-state index is 0.144. The van der Waals surface area contributed by atoms with E-state index in [1.165, 1.54) is 19.3 Å². The van der Waals surface area contributed by atoms with E-state index in [1.807, 2.05) is 0 Å². The lowest BCUT2D eigenvalue weighted by Gasteiger charge is -2.12. The van der Waals surface area contributed by atoms with Gasteiger partial charge in [0.1, 0.15) is 0 Å². The largest absolute Gasteiger partial charge is 0.0874 e. The Morgan fingerprint density at radius 3 is 2.69 bits per heavy atom. The minimum Gasteiger partial charge on any atom is -0.0874 e. The van der Waals surface area contributed by atoms with Crippen molar-refractivity contribution in [2.45, 2.75) is 45.3 Å². The van der Waals surface area contributed by atoms with Gasteiger partial charge >= 0.3 is 0 Å². The lowest BCUT2D eigenvalue weighted by atomic mass is 9.99. The number of thioether (sulfide) groups is 1. The van der Waals surface area contributed by atoms with E-state index in [-0.39, 0.29) is 5.41 Å². The summed E-state index contributed by atoms with van der Waals surface area (Å²) in [5, 5.41) is 3.85. The van der Waals surface area contributed by atoms with Crippen LogP contribution in [0.2, 0.25) is 0 Å². The molecule has 1 aliphatic rings. The Labute approximate surface area is 86.2 Å². The van der Waals surface area contributed by atoms with Crippen LogP contribution in [0.15, 0.2) is 12.2 Å². The van der Waals surface area contributed by atoms with E-state index in [9.17, 15) is 0 Å². The van der Waals surface area contributed by atoms with Crippen LogP contribution in [-0.2, 0) is 0 Å². The van der Waals surface area contributed by atoms with Crippen molar-refractivity contribution in [3.63, 3.8) is 0 Å². The summed E-state index contributed by atoms with van der Waals surface area (Å²) in [4.78, 5) is 0. The first kappa shape index (κ1) is 10.7. The van der Waals surface area contributed by atoms with Gasteiger partial charge in [0.05, 0.1) is 0 Å². The van der Waals surface area contributed by atoms with Gasteiger partial charge in [-0.05, 0) is 45.3 Å². The number of hydrogen-bond donors (Lipinski definition) is 0. The second-order valence-electron chi connectivity index (χ2n) is 4.49. The first-order valence-electron chi connectivity index (χ1n) is 4.92. The zero-order valence-corrected chi connectivity index (χ0v) is 9.58. The lowest BCUT2D eigenvalue weighted by Crippen LogP contribution is -2.02. The fourth-order valence-electron chi connectivity index (χ4n) is 1.14. The predicted octanol–water partition coefficient (Wildman–Crippen LogP) is 3.84. The van der Waals surface area contributed by atoms with Crippen molar-refractivity contribution < 1.29 is 0 Å². The molecule has 0 N–H and O–H groups in total. The second-order valence-corrected chi connectivity index (χ2v) is 5.54. The van der Waals surface area contributed by atoms with Gasteiger partial charge < -0.3 is 0 Å². The smallest absolute Gasteiger partial charge is 0.0350 e. The molecule has 0 heterocycles. The fourth-order valence-corrected chi connectivity index (χ4v) is 2.13. The maximum atomic E-state index is 3.25. The van der Waals surface area contributed by atoms with Crippen LogP contribution in [0, 0.1) is 16.6 Å². The molecule has 0 nitrogen and oxygen atoms in total. The molecule has 0 aliphatic heterocycles. The van der Waals surface area contributed by atoms with Gasteiger partial charge in [-0.25, -0.2) is 0 Å². The maximum Gasteiger partial charge on any atom is 0.0350 e. The SMILES string of the molecule is CC(C)(C)C#CSC1C=CCCC1. The van der Waals surface area contributed by atoms with Gasteiger partial charge in [0, 0.05) is 10.7 Å². The van der Waals surface area contributed by atoms with Gasteiger partial charge in [-0.15, -0.1) is 0 Å². The zero-order chi connectivity index (χ0) is 9.73. The van der Waals surface area contributed by atoms with Crippen molar-refractivity contribution >= 4 is 11.8 Å². The highest BCUT2D eigenvalue weighted by atomic mass is 32.2. The topological polar surface area (TPSA) is 0 Å². The number of allylic oxidation sites excluding steroid dienone is 1. The molecule has 0 aromatic rings. The highest BCUT2D eigenvalue weighted by Crippen LogP contribution is 2.22. The van der Waals surface area contributed by atoms with E-state index >= 15 is 0 Å². The third-order valence-corrected chi connectivity index (χ3v) is 2.76. The molecule has 72 valence electrons. The van der Waals surface area contributed by atoms with E-state index in [0.717, 1.165) is 0 Å². The first-order valence-corrected chi connectivity index (χ1v) is 5.80. The summed E-state index contributed by atoms with van der Waals surface area (Å²) in [7, 11) is 0. The Balaban J connectivity index is 2.35. The van der Waals surface area contributed by atoms with Crippen LogP contribution in [0.1, 0.15) is 40.0 Å². The maximum absolute atomic E-state index is 3.25. The molecule has 0 fully saturated rings. The molecular formula is C12H18S. The molecule has 1 rings (SSSR count). The number of hydrogen-bond acceptors (Lipinski definition) is 1. The average Bonchev–Trinajstić information content (AvgIpc) is 2.04. The van der Waals surface area contributed by atoms with Crippen LogP contribution in [0.5, 0.6) is 0 Å². The zero-order valence-electron chi connectivity index (χ0n) is 8.76. The van der Waals surface area contributed by atoms with Crippen LogP contribution in [0.25, 0.3) is 0 Å². The molecule has 0 saturated heterocycles. The Kier molecular flexibility index (Phi) is 3.93. The fraction of sp³-hybridized carbons (Fsp3) is 0.667. The summed E-state index contributed by atoms with van der Waals surface area (Å²) in [5.74, 6) is 3.25. The monoisotopic (exact) mass is 194 g/mol. The van der Waals surface area contributed by atoms with Crippen molar-refractivity contribution in [1.82, 2.24) is 0 Å². The van der Waals surface area contributed by atoms with E-state index in [0.29, 0.717) is 5.25 Å². The summed E-state index contributed by atoms with van der Waals surface area (Å²) in [6.45, 7) is 6.45. The molecule has 0 radical (unpaired) electrons.